The van der Waals surface area contributed by atoms with Crippen LogP contribution in [0, 0.1) is 12.1 Å². The Kier molecular flexibility index (Phi) is 10.2. The van der Waals surface area contributed by atoms with Gasteiger partial charge in [-0.3, -0.25) is 0 Å². The summed E-state index contributed by atoms with van der Waals surface area (Å²) in [6.07, 6.45) is 6.23. The number of rotatable bonds is 8. The SMILES string of the molecule is C#CP(Nc1ccc(C(=O)O)cc1)OC(C)(C)CCOC.CC. The van der Waals surface area contributed by atoms with Crippen LogP contribution in [0.2, 0.25) is 0 Å². The van der Waals surface area contributed by atoms with Gasteiger partial charge in [-0.2, -0.15) is 0 Å². The molecule has 23 heavy (non-hydrogen) atoms. The zero-order valence-corrected chi connectivity index (χ0v) is 15.3. The summed E-state index contributed by atoms with van der Waals surface area (Å²) in [5, 5.41) is 12.0. The molecule has 0 radical (unpaired) electrons. The van der Waals surface area contributed by atoms with Gasteiger partial charge in [0.1, 0.15) is 0 Å². The normalized spacial score (nSPS) is 11.7. The summed E-state index contributed by atoms with van der Waals surface area (Å²) in [7, 11) is 0.352. The van der Waals surface area contributed by atoms with E-state index in [2.05, 4.69) is 10.7 Å². The number of carbonyl (C=O) groups is 1. The van der Waals surface area contributed by atoms with Crippen LogP contribution >= 0.6 is 8.30 Å². The lowest BCUT2D eigenvalue weighted by atomic mass is 10.1. The van der Waals surface area contributed by atoms with Gasteiger partial charge in [0.2, 0.25) is 8.30 Å². The second kappa shape index (κ2) is 11.0. The largest absolute Gasteiger partial charge is 0.478 e. The van der Waals surface area contributed by atoms with Gasteiger partial charge in [-0.15, -0.1) is 6.42 Å². The molecule has 0 aromatic heterocycles. The van der Waals surface area contributed by atoms with Gasteiger partial charge in [0.15, 0.2) is 0 Å². The number of nitrogens with one attached hydrogen (secondary N) is 1. The molecule has 5 nitrogen and oxygen atoms in total. The first kappa shape index (κ1) is 21.4. The number of terminal acetylenes is 1. The number of benzene rings is 1. The van der Waals surface area contributed by atoms with Crippen molar-refractivity contribution < 1.29 is 19.2 Å². The standard InChI is InChI=1S/C15H20NO4P.C2H6/c1-5-21(20-15(2,3)10-11-19-4)16-13-8-6-12(7-9-13)14(17)18;1-2/h1,6-9,16H,10-11H2,2-4H3,(H,17,18);1-2H3. The first-order chi connectivity index (χ1) is 10.9. The third kappa shape index (κ3) is 8.56. The van der Waals surface area contributed by atoms with E-state index in [4.69, 9.17) is 20.8 Å². The fourth-order valence-electron chi connectivity index (χ4n) is 1.53. The number of hydrogen-bond acceptors (Lipinski definition) is 4. The third-order valence-corrected chi connectivity index (χ3v) is 4.10. The van der Waals surface area contributed by atoms with E-state index in [1.165, 1.54) is 12.1 Å². The molecule has 0 fully saturated rings. The number of carboxylic acid groups (broad SMARTS) is 1. The Bertz CT molecular complexity index is 508. The second-order valence-corrected chi connectivity index (χ2v) is 6.26. The minimum absolute atomic E-state index is 0.229. The van der Waals surface area contributed by atoms with Crippen molar-refractivity contribution in [2.75, 3.05) is 18.8 Å². The highest BCUT2D eigenvalue weighted by Gasteiger charge is 2.23. The molecule has 128 valence electrons. The summed E-state index contributed by atoms with van der Waals surface area (Å²) in [6, 6.07) is 6.37. The van der Waals surface area contributed by atoms with Crippen LogP contribution in [0.25, 0.3) is 0 Å². The maximum Gasteiger partial charge on any atom is 0.335 e. The summed E-state index contributed by atoms with van der Waals surface area (Å²) in [6.45, 7) is 8.50. The Morgan fingerprint density at radius 2 is 1.91 bits per heavy atom. The topological polar surface area (TPSA) is 67.8 Å². The van der Waals surface area contributed by atoms with E-state index in [0.29, 0.717) is 6.61 Å². The smallest absolute Gasteiger partial charge is 0.335 e. The van der Waals surface area contributed by atoms with E-state index in [9.17, 15) is 4.79 Å². The van der Waals surface area contributed by atoms with Crippen LogP contribution in [0.5, 0.6) is 0 Å². The molecule has 1 aromatic rings. The molecular formula is C17H26NO4P. The van der Waals surface area contributed by atoms with Gasteiger partial charge in [-0.1, -0.05) is 13.8 Å². The van der Waals surface area contributed by atoms with Gasteiger partial charge >= 0.3 is 5.97 Å². The van der Waals surface area contributed by atoms with Gasteiger partial charge in [-0.25, -0.2) is 4.79 Å². The maximum atomic E-state index is 10.8. The zero-order chi connectivity index (χ0) is 17.9. The zero-order valence-electron chi connectivity index (χ0n) is 14.4. The lowest BCUT2D eigenvalue weighted by molar-refractivity contribution is 0.0696. The number of carboxylic acids is 1. The molecule has 1 aromatic carbocycles. The fraction of sp³-hybridized carbons (Fsp3) is 0.471. The highest BCUT2D eigenvalue weighted by molar-refractivity contribution is 7.59. The quantitative estimate of drug-likeness (QED) is 0.537. The van der Waals surface area contributed by atoms with E-state index in [0.717, 1.165) is 12.1 Å². The van der Waals surface area contributed by atoms with Crippen LogP contribution in [0.4, 0.5) is 5.69 Å². The van der Waals surface area contributed by atoms with Crippen molar-refractivity contribution in [1.82, 2.24) is 0 Å². The number of aromatic carboxylic acids is 1. The van der Waals surface area contributed by atoms with Crippen molar-refractivity contribution in [3.63, 3.8) is 0 Å². The molecule has 0 amide bonds. The summed E-state index contributed by atoms with van der Waals surface area (Å²) >= 11 is 0. The average Bonchev–Trinajstić information content (AvgIpc) is 2.54. The van der Waals surface area contributed by atoms with Gasteiger partial charge in [0, 0.05) is 19.4 Å². The van der Waals surface area contributed by atoms with Crippen molar-refractivity contribution in [3.8, 4) is 12.1 Å². The van der Waals surface area contributed by atoms with Crippen molar-refractivity contribution in [2.45, 2.75) is 39.7 Å². The first-order valence-corrected chi connectivity index (χ1v) is 8.68. The Hall–Kier alpha value is -1.60. The minimum atomic E-state index is -1.29. The molecule has 1 unspecified atom stereocenters. The molecule has 6 heteroatoms. The van der Waals surface area contributed by atoms with Crippen molar-refractivity contribution >= 4 is 20.0 Å². The lowest BCUT2D eigenvalue weighted by Crippen LogP contribution is -2.24. The Balaban J connectivity index is 0.00000232. The summed E-state index contributed by atoms with van der Waals surface area (Å²) < 4.78 is 10.9. The van der Waals surface area contributed by atoms with Crippen molar-refractivity contribution in [3.05, 3.63) is 29.8 Å². The molecule has 0 aliphatic heterocycles. The molecule has 0 saturated carbocycles. The van der Waals surface area contributed by atoms with Crippen LogP contribution in [-0.2, 0) is 9.26 Å². The molecular weight excluding hydrogens is 313 g/mol. The molecule has 0 aliphatic carbocycles. The third-order valence-electron chi connectivity index (χ3n) is 2.73. The Labute approximate surface area is 140 Å². The molecule has 0 bridgehead atoms. The summed E-state index contributed by atoms with van der Waals surface area (Å²) in [4.78, 5) is 10.8. The molecule has 0 aliphatic rings. The predicted octanol–water partition coefficient (Wildman–Crippen LogP) is 4.56. The lowest BCUT2D eigenvalue weighted by Gasteiger charge is -2.28. The highest BCUT2D eigenvalue weighted by atomic mass is 31.2. The van der Waals surface area contributed by atoms with Gasteiger partial charge in [0.05, 0.1) is 11.2 Å². The van der Waals surface area contributed by atoms with Crippen molar-refractivity contribution in [2.24, 2.45) is 0 Å². The van der Waals surface area contributed by atoms with Gasteiger partial charge in [-0.05, 0) is 50.2 Å². The van der Waals surface area contributed by atoms with E-state index in [1.54, 1.807) is 19.2 Å². The van der Waals surface area contributed by atoms with E-state index >= 15 is 0 Å². The van der Waals surface area contributed by atoms with Gasteiger partial charge in [0.25, 0.3) is 0 Å². The van der Waals surface area contributed by atoms with Crippen molar-refractivity contribution in [1.29, 1.82) is 0 Å². The van der Waals surface area contributed by atoms with Crippen LogP contribution in [-0.4, -0.2) is 30.4 Å². The number of methoxy groups -OCH3 is 1. The number of hydrogen-bond donors (Lipinski definition) is 2. The molecule has 1 atom stereocenters. The number of anilines is 1. The van der Waals surface area contributed by atoms with Crippen LogP contribution < -0.4 is 5.09 Å². The van der Waals surface area contributed by atoms with E-state index in [1.807, 2.05) is 27.7 Å². The molecule has 0 saturated heterocycles. The number of ether oxygens (including phenoxy) is 1. The predicted molar refractivity (Wildman–Crippen MR) is 95.8 cm³/mol. The first-order valence-electron chi connectivity index (χ1n) is 7.42. The molecule has 0 heterocycles. The minimum Gasteiger partial charge on any atom is -0.478 e. The fourth-order valence-corrected chi connectivity index (χ4v) is 2.66. The monoisotopic (exact) mass is 339 g/mol. The van der Waals surface area contributed by atoms with E-state index < -0.39 is 19.9 Å². The molecule has 0 spiro atoms. The molecule has 2 N–H and O–H groups in total. The van der Waals surface area contributed by atoms with Crippen LogP contribution in [0.15, 0.2) is 24.3 Å². The summed E-state index contributed by atoms with van der Waals surface area (Å²) in [5.41, 5.74) is 3.15. The Morgan fingerprint density at radius 3 is 2.35 bits per heavy atom. The van der Waals surface area contributed by atoms with Crippen LogP contribution in [0.3, 0.4) is 0 Å². The van der Waals surface area contributed by atoms with Gasteiger partial charge < -0.3 is 19.5 Å². The molecule has 1 rings (SSSR count). The average molecular weight is 339 g/mol. The summed E-state index contributed by atoms with van der Waals surface area (Å²) in [5.74, 6) is -0.960. The van der Waals surface area contributed by atoms with Crippen LogP contribution in [0.1, 0.15) is 44.5 Å². The second-order valence-electron chi connectivity index (χ2n) is 5.01. The maximum absolute atomic E-state index is 10.8. The highest BCUT2D eigenvalue weighted by Crippen LogP contribution is 2.41. The Morgan fingerprint density at radius 1 is 1.35 bits per heavy atom. The van der Waals surface area contributed by atoms with E-state index in [-0.39, 0.29) is 5.56 Å².